The van der Waals surface area contributed by atoms with Crippen molar-refractivity contribution in [3.8, 4) is 0 Å². The number of hydrogen-bond donors (Lipinski definition) is 0. The Bertz CT molecular complexity index is 400. The van der Waals surface area contributed by atoms with Gasteiger partial charge in [0.1, 0.15) is 5.69 Å². The molecule has 0 saturated carbocycles. The largest absolute Gasteiger partial charge is 0.332 e. The molecule has 1 amide bonds. The molecule has 94 valence electrons. The van der Waals surface area contributed by atoms with Crippen molar-refractivity contribution in [2.45, 2.75) is 45.2 Å². The number of halogens is 1. The van der Waals surface area contributed by atoms with Crippen LogP contribution >= 0.6 is 11.6 Å². The Morgan fingerprint density at radius 3 is 2.47 bits per heavy atom. The van der Waals surface area contributed by atoms with Gasteiger partial charge < -0.3 is 4.90 Å². The maximum atomic E-state index is 12.5. The zero-order valence-electron chi connectivity index (χ0n) is 10.5. The monoisotopic (exact) mass is 255 g/mol. The van der Waals surface area contributed by atoms with Crippen LogP contribution in [-0.2, 0) is 7.05 Å². The van der Waals surface area contributed by atoms with E-state index in [0.717, 1.165) is 12.8 Å². The quantitative estimate of drug-likeness (QED) is 0.773. The number of likely N-dealkylation sites (tertiary alicyclic amines) is 1. The fourth-order valence-corrected chi connectivity index (χ4v) is 2.84. The fourth-order valence-electron chi connectivity index (χ4n) is 2.60. The van der Waals surface area contributed by atoms with Gasteiger partial charge in [-0.3, -0.25) is 9.48 Å². The Morgan fingerprint density at radius 2 is 2.00 bits per heavy atom. The first kappa shape index (κ1) is 12.4. The van der Waals surface area contributed by atoms with Crippen molar-refractivity contribution in [1.29, 1.82) is 0 Å². The van der Waals surface area contributed by atoms with E-state index in [0.29, 0.717) is 10.7 Å². The molecule has 2 atom stereocenters. The topological polar surface area (TPSA) is 38.1 Å². The van der Waals surface area contributed by atoms with Crippen molar-refractivity contribution in [3.63, 3.8) is 0 Å². The number of amides is 1. The standard InChI is InChI=1S/C12H18ClN3O/c1-8-5-4-6-9(2)16(8)12(17)11-10(13)7-14-15(11)3/h7-9H,4-6H2,1-3H3/t8-,9-/m0/s1. The molecule has 0 N–H and O–H groups in total. The van der Waals surface area contributed by atoms with Crippen LogP contribution in [0, 0.1) is 0 Å². The molecule has 5 heteroatoms. The van der Waals surface area contributed by atoms with Gasteiger partial charge in [-0.05, 0) is 33.1 Å². The maximum absolute atomic E-state index is 12.5. The maximum Gasteiger partial charge on any atom is 0.274 e. The summed E-state index contributed by atoms with van der Waals surface area (Å²) in [4.78, 5) is 14.4. The number of aromatic nitrogens is 2. The van der Waals surface area contributed by atoms with Crippen LogP contribution in [0.25, 0.3) is 0 Å². The Morgan fingerprint density at radius 1 is 1.41 bits per heavy atom. The molecule has 4 nitrogen and oxygen atoms in total. The summed E-state index contributed by atoms with van der Waals surface area (Å²) in [5.74, 6) is -0.00491. The molecule has 0 spiro atoms. The number of carbonyl (C=O) groups is 1. The number of hydrogen-bond acceptors (Lipinski definition) is 2. The summed E-state index contributed by atoms with van der Waals surface area (Å²) >= 11 is 6.02. The van der Waals surface area contributed by atoms with Gasteiger partial charge in [-0.2, -0.15) is 5.10 Å². The van der Waals surface area contributed by atoms with E-state index in [1.54, 1.807) is 11.7 Å². The van der Waals surface area contributed by atoms with Crippen LogP contribution in [0.2, 0.25) is 5.02 Å². The van der Waals surface area contributed by atoms with Crippen LogP contribution in [0.5, 0.6) is 0 Å². The highest BCUT2D eigenvalue weighted by molar-refractivity contribution is 6.33. The first-order valence-corrected chi connectivity index (χ1v) is 6.40. The van der Waals surface area contributed by atoms with Crippen LogP contribution < -0.4 is 0 Å². The molecule has 2 rings (SSSR count). The Balaban J connectivity index is 2.30. The molecule has 0 radical (unpaired) electrons. The van der Waals surface area contributed by atoms with Gasteiger partial charge in [0.05, 0.1) is 11.2 Å². The van der Waals surface area contributed by atoms with E-state index in [4.69, 9.17) is 11.6 Å². The van der Waals surface area contributed by atoms with Gasteiger partial charge in [-0.15, -0.1) is 0 Å². The van der Waals surface area contributed by atoms with Gasteiger partial charge in [0.2, 0.25) is 0 Å². The molecule has 0 aromatic carbocycles. The van der Waals surface area contributed by atoms with Crippen LogP contribution in [0.4, 0.5) is 0 Å². The van der Waals surface area contributed by atoms with E-state index < -0.39 is 0 Å². The minimum absolute atomic E-state index is 0.00491. The van der Waals surface area contributed by atoms with E-state index in [9.17, 15) is 4.79 Å². The van der Waals surface area contributed by atoms with E-state index in [1.807, 2.05) is 4.90 Å². The Labute approximate surface area is 107 Å². The van der Waals surface area contributed by atoms with E-state index in [-0.39, 0.29) is 18.0 Å². The number of aryl methyl sites for hydroxylation is 1. The smallest absolute Gasteiger partial charge is 0.274 e. The van der Waals surface area contributed by atoms with Gasteiger partial charge in [0.15, 0.2) is 0 Å². The highest BCUT2D eigenvalue weighted by Gasteiger charge is 2.32. The van der Waals surface area contributed by atoms with Crippen molar-refractivity contribution < 1.29 is 4.79 Å². The lowest BCUT2D eigenvalue weighted by molar-refractivity contribution is 0.0499. The second-order valence-electron chi connectivity index (χ2n) is 4.81. The van der Waals surface area contributed by atoms with Gasteiger partial charge in [-0.1, -0.05) is 11.6 Å². The zero-order valence-corrected chi connectivity index (χ0v) is 11.2. The number of rotatable bonds is 1. The average Bonchev–Trinajstić information content (AvgIpc) is 2.58. The van der Waals surface area contributed by atoms with Crippen molar-refractivity contribution in [2.75, 3.05) is 0 Å². The molecule has 1 aromatic rings. The lowest BCUT2D eigenvalue weighted by atomic mass is 9.97. The van der Waals surface area contributed by atoms with Crippen LogP contribution in [0.1, 0.15) is 43.6 Å². The number of piperidine rings is 1. The summed E-state index contributed by atoms with van der Waals surface area (Å²) in [5.41, 5.74) is 0.493. The minimum atomic E-state index is -0.00491. The predicted molar refractivity (Wildman–Crippen MR) is 67.2 cm³/mol. The van der Waals surface area contributed by atoms with Gasteiger partial charge >= 0.3 is 0 Å². The summed E-state index contributed by atoms with van der Waals surface area (Å²) < 4.78 is 1.55. The van der Waals surface area contributed by atoms with Crippen LogP contribution in [-0.4, -0.2) is 32.7 Å². The molecule has 0 bridgehead atoms. The van der Waals surface area contributed by atoms with Gasteiger partial charge in [0.25, 0.3) is 5.91 Å². The molecule has 0 aliphatic carbocycles. The zero-order chi connectivity index (χ0) is 12.6. The third-order valence-corrected chi connectivity index (χ3v) is 3.80. The third kappa shape index (κ3) is 2.18. The van der Waals surface area contributed by atoms with E-state index in [1.165, 1.54) is 12.6 Å². The molecule has 1 fully saturated rings. The number of nitrogens with zero attached hydrogens (tertiary/aromatic N) is 3. The summed E-state index contributed by atoms with van der Waals surface area (Å²) in [6.07, 6.45) is 4.83. The predicted octanol–water partition coefficient (Wildman–Crippen LogP) is 2.48. The summed E-state index contributed by atoms with van der Waals surface area (Å²) in [7, 11) is 1.75. The minimum Gasteiger partial charge on any atom is -0.332 e. The van der Waals surface area contributed by atoms with Gasteiger partial charge in [-0.25, -0.2) is 0 Å². The first-order valence-electron chi connectivity index (χ1n) is 6.02. The summed E-state index contributed by atoms with van der Waals surface area (Å²) in [6, 6.07) is 0.550. The molecule has 1 aromatic heterocycles. The lowest BCUT2D eigenvalue weighted by Gasteiger charge is -2.39. The van der Waals surface area contributed by atoms with Crippen LogP contribution in [0.3, 0.4) is 0 Å². The molecular formula is C12H18ClN3O. The van der Waals surface area contributed by atoms with Crippen molar-refractivity contribution in [1.82, 2.24) is 14.7 Å². The fraction of sp³-hybridized carbons (Fsp3) is 0.667. The third-order valence-electron chi connectivity index (χ3n) is 3.52. The molecule has 1 saturated heterocycles. The normalized spacial score (nSPS) is 25.1. The molecule has 0 unspecified atom stereocenters. The average molecular weight is 256 g/mol. The molecule has 1 aliphatic rings. The number of carbonyl (C=O) groups excluding carboxylic acids is 1. The van der Waals surface area contributed by atoms with Crippen molar-refractivity contribution in [2.24, 2.45) is 7.05 Å². The van der Waals surface area contributed by atoms with Gasteiger partial charge in [0, 0.05) is 19.1 Å². The van der Waals surface area contributed by atoms with Crippen LogP contribution in [0.15, 0.2) is 6.20 Å². The second-order valence-corrected chi connectivity index (χ2v) is 5.21. The molecule has 1 aliphatic heterocycles. The summed E-state index contributed by atoms with van der Waals surface area (Å²) in [6.45, 7) is 4.19. The van der Waals surface area contributed by atoms with E-state index >= 15 is 0 Å². The molecular weight excluding hydrogens is 238 g/mol. The van der Waals surface area contributed by atoms with Crippen molar-refractivity contribution in [3.05, 3.63) is 16.9 Å². The Kier molecular flexibility index (Phi) is 3.43. The second kappa shape index (κ2) is 4.69. The SMILES string of the molecule is C[C@H]1CCC[C@H](C)N1C(=O)c1c(Cl)cnn1C. The van der Waals surface area contributed by atoms with E-state index in [2.05, 4.69) is 18.9 Å². The molecule has 2 heterocycles. The highest BCUT2D eigenvalue weighted by atomic mass is 35.5. The molecule has 17 heavy (non-hydrogen) atoms. The lowest BCUT2D eigenvalue weighted by Crippen LogP contribution is -2.48. The van der Waals surface area contributed by atoms with Crippen molar-refractivity contribution >= 4 is 17.5 Å². The first-order chi connectivity index (χ1) is 8.02. The Hall–Kier alpha value is -1.03. The highest BCUT2D eigenvalue weighted by Crippen LogP contribution is 2.26. The summed E-state index contributed by atoms with van der Waals surface area (Å²) in [5, 5.41) is 4.45.